The molecule has 4 rings (SSSR count). The number of halogens is 2. The van der Waals surface area contributed by atoms with Crippen molar-refractivity contribution in [2.45, 2.75) is 33.4 Å². The topological polar surface area (TPSA) is 54.5 Å². The number of anilines is 1. The number of hydrogen-bond donors (Lipinski definition) is 1. The molecule has 5 nitrogen and oxygen atoms in total. The lowest BCUT2D eigenvalue weighted by Crippen LogP contribution is -2.23. The number of rotatable bonds is 6. The molecule has 0 bridgehead atoms. The first kappa shape index (κ1) is 20.8. The van der Waals surface area contributed by atoms with Crippen LogP contribution in [0.5, 0.6) is 11.5 Å². The highest BCUT2D eigenvalue weighted by molar-refractivity contribution is 5.99. The van der Waals surface area contributed by atoms with Crippen LogP contribution in [-0.2, 0) is 6.54 Å². The molecule has 0 saturated heterocycles. The Hall–Kier alpha value is -3.48. The number of aromatic nitrogens is 1. The average molecular weight is 423 g/mol. The van der Waals surface area contributed by atoms with E-state index in [4.69, 9.17) is 4.74 Å². The Labute approximate surface area is 179 Å². The molecular formula is C24H23F2N3O2. The molecule has 1 amide bonds. The summed E-state index contributed by atoms with van der Waals surface area (Å²) in [5, 5.41) is 3.19. The van der Waals surface area contributed by atoms with Gasteiger partial charge in [-0.2, -0.15) is 0 Å². The SMILES string of the molecule is CCN1Cc2c(N[C@@H](C)c3ccc(Oc4ccc(C)cc4)c(F)c3)ncc(F)c2C1=O. The van der Waals surface area contributed by atoms with E-state index in [0.717, 1.165) is 11.8 Å². The van der Waals surface area contributed by atoms with E-state index in [1.807, 2.05) is 32.9 Å². The second-order valence-corrected chi connectivity index (χ2v) is 7.60. The molecule has 0 unspecified atom stereocenters. The van der Waals surface area contributed by atoms with Crippen LogP contribution >= 0.6 is 0 Å². The standard InChI is InChI=1S/C24H23F2N3O2/c1-4-29-13-18-22(24(29)30)20(26)12-27-23(18)28-15(3)16-7-10-21(19(25)11-16)31-17-8-5-14(2)6-9-17/h5-12,15H,4,13H2,1-3H3,(H,27,28)/t15-/m0/s1. The number of ether oxygens (including phenoxy) is 1. The van der Waals surface area contributed by atoms with E-state index in [0.29, 0.717) is 35.8 Å². The van der Waals surface area contributed by atoms with E-state index in [1.165, 1.54) is 6.07 Å². The molecule has 7 heteroatoms. The van der Waals surface area contributed by atoms with E-state index >= 15 is 0 Å². The van der Waals surface area contributed by atoms with Gasteiger partial charge in [-0.15, -0.1) is 0 Å². The summed E-state index contributed by atoms with van der Waals surface area (Å²) in [6.07, 6.45) is 1.05. The molecule has 0 fully saturated rings. The van der Waals surface area contributed by atoms with Gasteiger partial charge in [0.25, 0.3) is 5.91 Å². The number of benzene rings is 2. The molecule has 31 heavy (non-hydrogen) atoms. The van der Waals surface area contributed by atoms with Gasteiger partial charge in [0.15, 0.2) is 17.4 Å². The Bertz CT molecular complexity index is 1130. The van der Waals surface area contributed by atoms with Crippen LogP contribution in [0.25, 0.3) is 0 Å². The first-order chi connectivity index (χ1) is 14.9. The summed E-state index contributed by atoms with van der Waals surface area (Å²) in [7, 11) is 0. The Morgan fingerprint density at radius 2 is 1.90 bits per heavy atom. The van der Waals surface area contributed by atoms with Crippen molar-refractivity contribution < 1.29 is 18.3 Å². The van der Waals surface area contributed by atoms with Gasteiger partial charge in [-0.05, 0) is 50.6 Å². The molecule has 2 aromatic carbocycles. The first-order valence-electron chi connectivity index (χ1n) is 10.1. The number of fused-ring (bicyclic) bond motifs is 1. The average Bonchev–Trinajstić information content (AvgIpc) is 3.10. The molecule has 0 radical (unpaired) electrons. The van der Waals surface area contributed by atoms with E-state index in [1.54, 1.807) is 29.2 Å². The maximum absolute atomic E-state index is 14.7. The molecular weight excluding hydrogens is 400 g/mol. The second-order valence-electron chi connectivity index (χ2n) is 7.60. The van der Waals surface area contributed by atoms with Crippen molar-refractivity contribution in [3.8, 4) is 11.5 Å². The third kappa shape index (κ3) is 4.08. The molecule has 1 aromatic heterocycles. The molecule has 160 valence electrons. The van der Waals surface area contributed by atoms with Crippen LogP contribution in [0.4, 0.5) is 14.6 Å². The van der Waals surface area contributed by atoms with Gasteiger partial charge in [0.2, 0.25) is 0 Å². The zero-order valence-electron chi connectivity index (χ0n) is 17.6. The van der Waals surface area contributed by atoms with Crippen LogP contribution in [0.1, 0.15) is 46.9 Å². The van der Waals surface area contributed by atoms with E-state index in [-0.39, 0.29) is 23.3 Å². The van der Waals surface area contributed by atoms with Gasteiger partial charge in [-0.25, -0.2) is 13.8 Å². The lowest BCUT2D eigenvalue weighted by atomic mass is 10.1. The summed E-state index contributed by atoms with van der Waals surface area (Å²) in [6.45, 7) is 6.43. The molecule has 0 saturated carbocycles. The highest BCUT2D eigenvalue weighted by Gasteiger charge is 2.32. The number of amides is 1. The Kier molecular flexibility index (Phi) is 5.59. The van der Waals surface area contributed by atoms with E-state index in [2.05, 4.69) is 10.3 Å². The molecule has 1 atom stereocenters. The molecule has 2 heterocycles. The highest BCUT2D eigenvalue weighted by Crippen LogP contribution is 2.33. The largest absolute Gasteiger partial charge is 0.454 e. The van der Waals surface area contributed by atoms with Crippen molar-refractivity contribution in [3.63, 3.8) is 0 Å². The van der Waals surface area contributed by atoms with Crippen LogP contribution < -0.4 is 10.1 Å². The molecule has 0 aliphatic carbocycles. The molecule has 1 aliphatic rings. The van der Waals surface area contributed by atoms with Gasteiger partial charge in [-0.3, -0.25) is 4.79 Å². The summed E-state index contributed by atoms with van der Waals surface area (Å²) >= 11 is 0. The summed E-state index contributed by atoms with van der Waals surface area (Å²) < 4.78 is 34.5. The van der Waals surface area contributed by atoms with Crippen molar-refractivity contribution in [2.75, 3.05) is 11.9 Å². The summed E-state index contributed by atoms with van der Waals surface area (Å²) in [5.74, 6) is -0.344. The van der Waals surface area contributed by atoms with Crippen molar-refractivity contribution in [1.82, 2.24) is 9.88 Å². The predicted molar refractivity (Wildman–Crippen MR) is 114 cm³/mol. The van der Waals surface area contributed by atoms with Crippen molar-refractivity contribution in [1.29, 1.82) is 0 Å². The van der Waals surface area contributed by atoms with E-state index < -0.39 is 11.6 Å². The fraction of sp³-hybridized carbons (Fsp3) is 0.250. The Morgan fingerprint density at radius 1 is 1.16 bits per heavy atom. The summed E-state index contributed by atoms with van der Waals surface area (Å²) in [6, 6.07) is 11.8. The fourth-order valence-electron chi connectivity index (χ4n) is 3.60. The van der Waals surface area contributed by atoms with Crippen molar-refractivity contribution in [3.05, 3.63) is 82.5 Å². The highest BCUT2D eigenvalue weighted by atomic mass is 19.1. The third-order valence-corrected chi connectivity index (χ3v) is 5.42. The number of pyridine rings is 1. The van der Waals surface area contributed by atoms with Gasteiger partial charge in [-0.1, -0.05) is 23.8 Å². The van der Waals surface area contributed by atoms with Gasteiger partial charge >= 0.3 is 0 Å². The zero-order chi connectivity index (χ0) is 22.1. The van der Waals surface area contributed by atoms with Gasteiger partial charge in [0.05, 0.1) is 24.3 Å². The maximum Gasteiger partial charge on any atom is 0.257 e. The van der Waals surface area contributed by atoms with Crippen molar-refractivity contribution in [2.24, 2.45) is 0 Å². The number of carbonyl (C=O) groups excluding carboxylic acids is 1. The molecule has 1 N–H and O–H groups in total. The molecule has 0 spiro atoms. The second kappa shape index (κ2) is 8.34. The number of hydrogen-bond acceptors (Lipinski definition) is 4. The zero-order valence-corrected chi connectivity index (χ0v) is 17.6. The minimum absolute atomic E-state index is 0.0552. The van der Waals surface area contributed by atoms with Gasteiger partial charge in [0, 0.05) is 12.1 Å². The summed E-state index contributed by atoms with van der Waals surface area (Å²) in [5.41, 5.74) is 2.34. The minimum atomic E-state index is -0.627. The van der Waals surface area contributed by atoms with Gasteiger partial charge < -0.3 is 15.0 Å². The fourth-order valence-corrected chi connectivity index (χ4v) is 3.60. The first-order valence-corrected chi connectivity index (χ1v) is 10.1. The number of aryl methyl sites for hydroxylation is 1. The van der Waals surface area contributed by atoms with Crippen molar-refractivity contribution >= 4 is 11.7 Å². The summed E-state index contributed by atoms with van der Waals surface area (Å²) in [4.78, 5) is 18.1. The molecule has 3 aromatic rings. The molecule has 1 aliphatic heterocycles. The lowest BCUT2D eigenvalue weighted by molar-refractivity contribution is 0.0784. The smallest absolute Gasteiger partial charge is 0.257 e. The van der Waals surface area contributed by atoms with Crippen LogP contribution in [0.2, 0.25) is 0 Å². The monoisotopic (exact) mass is 423 g/mol. The van der Waals surface area contributed by atoms with Gasteiger partial charge in [0.1, 0.15) is 11.6 Å². The number of carbonyl (C=O) groups is 1. The van der Waals surface area contributed by atoms with Crippen LogP contribution in [0.15, 0.2) is 48.7 Å². The van der Waals surface area contributed by atoms with Crippen LogP contribution in [0.3, 0.4) is 0 Å². The normalized spacial score (nSPS) is 13.8. The maximum atomic E-state index is 14.7. The predicted octanol–water partition coefficient (Wildman–Crippen LogP) is 5.61. The quantitative estimate of drug-likeness (QED) is 0.560. The minimum Gasteiger partial charge on any atom is -0.454 e. The van der Waals surface area contributed by atoms with Crippen LogP contribution in [-0.4, -0.2) is 22.3 Å². The number of nitrogens with one attached hydrogen (secondary N) is 1. The number of nitrogens with zero attached hydrogens (tertiary/aromatic N) is 2. The van der Waals surface area contributed by atoms with Crippen LogP contribution in [0, 0.1) is 18.6 Å². The third-order valence-electron chi connectivity index (χ3n) is 5.42. The Balaban J connectivity index is 1.54. The lowest BCUT2D eigenvalue weighted by Gasteiger charge is -2.18. The van der Waals surface area contributed by atoms with E-state index in [9.17, 15) is 13.6 Å². The Morgan fingerprint density at radius 3 is 2.58 bits per heavy atom.